The Morgan fingerprint density at radius 2 is 2.08 bits per heavy atom. The highest BCUT2D eigenvalue weighted by Gasteiger charge is 2.11. The predicted molar refractivity (Wildman–Crippen MR) is 88.7 cm³/mol. The molecule has 0 spiro atoms. The van der Waals surface area contributed by atoms with E-state index in [-0.39, 0.29) is 0 Å². The Bertz CT molecular complexity index is 928. The lowest BCUT2D eigenvalue weighted by Gasteiger charge is -1.99. The van der Waals surface area contributed by atoms with Gasteiger partial charge in [0.15, 0.2) is 5.76 Å². The number of ether oxygens (including phenoxy) is 1. The molecule has 0 unspecified atom stereocenters. The van der Waals surface area contributed by atoms with Crippen molar-refractivity contribution in [2.45, 2.75) is 6.54 Å². The van der Waals surface area contributed by atoms with Gasteiger partial charge in [0.05, 0.1) is 12.0 Å². The van der Waals surface area contributed by atoms with Gasteiger partial charge in [0.25, 0.3) is 0 Å². The van der Waals surface area contributed by atoms with Gasteiger partial charge < -0.3 is 9.26 Å². The lowest BCUT2D eigenvalue weighted by molar-refractivity contribution is 0.364. The molecule has 0 bridgehead atoms. The van der Waals surface area contributed by atoms with Gasteiger partial charge >= 0.3 is 0 Å². The number of tetrazole rings is 1. The smallest absolute Gasteiger partial charge is 0.214 e. The molecule has 0 amide bonds. The van der Waals surface area contributed by atoms with Gasteiger partial charge in [0.1, 0.15) is 18.0 Å². The van der Waals surface area contributed by atoms with E-state index in [1.807, 2.05) is 47.8 Å². The van der Waals surface area contributed by atoms with E-state index in [9.17, 15) is 0 Å². The van der Waals surface area contributed by atoms with Crippen LogP contribution in [0.15, 0.2) is 52.4 Å². The van der Waals surface area contributed by atoms with Gasteiger partial charge in [-0.1, -0.05) is 11.2 Å². The second kappa shape index (κ2) is 6.25. The number of thiophene rings is 1. The SMILES string of the molecule is COc1ccc(-c2cc(Cn3nnc(-c4cccs4)n3)on2)cc1. The molecule has 3 heterocycles. The number of nitrogens with zero attached hydrogens (tertiary/aromatic N) is 5. The summed E-state index contributed by atoms with van der Waals surface area (Å²) in [5.41, 5.74) is 1.71. The van der Waals surface area contributed by atoms with Crippen LogP contribution in [0.3, 0.4) is 0 Å². The first-order valence-corrected chi connectivity index (χ1v) is 8.11. The first kappa shape index (κ1) is 14.6. The summed E-state index contributed by atoms with van der Waals surface area (Å²) in [5, 5.41) is 18.5. The van der Waals surface area contributed by atoms with E-state index in [1.165, 1.54) is 4.80 Å². The summed E-state index contributed by atoms with van der Waals surface area (Å²) >= 11 is 1.58. The summed E-state index contributed by atoms with van der Waals surface area (Å²) in [6, 6.07) is 13.4. The van der Waals surface area contributed by atoms with E-state index >= 15 is 0 Å². The largest absolute Gasteiger partial charge is 0.497 e. The van der Waals surface area contributed by atoms with Crippen LogP contribution in [-0.2, 0) is 6.54 Å². The number of hydrogen-bond acceptors (Lipinski definition) is 7. The Kier molecular flexibility index (Phi) is 3.80. The van der Waals surface area contributed by atoms with Crippen LogP contribution in [0, 0.1) is 0 Å². The Balaban J connectivity index is 1.50. The Morgan fingerprint density at radius 3 is 2.83 bits per heavy atom. The van der Waals surface area contributed by atoms with Gasteiger partial charge in [0.2, 0.25) is 5.82 Å². The standard InChI is InChI=1S/C16H13N5O2S/c1-22-12-6-4-11(5-7-12)14-9-13(23-19-14)10-21-18-16(17-20-21)15-3-2-8-24-15/h2-9H,10H2,1H3. The number of rotatable bonds is 5. The maximum Gasteiger partial charge on any atom is 0.214 e. The first-order valence-electron chi connectivity index (χ1n) is 7.23. The molecule has 8 heteroatoms. The lowest BCUT2D eigenvalue weighted by atomic mass is 10.1. The van der Waals surface area contributed by atoms with Crippen molar-refractivity contribution in [1.29, 1.82) is 0 Å². The fraction of sp³-hybridized carbons (Fsp3) is 0.125. The van der Waals surface area contributed by atoms with Crippen molar-refractivity contribution in [3.8, 4) is 27.7 Å². The quantitative estimate of drug-likeness (QED) is 0.556. The van der Waals surface area contributed by atoms with Gasteiger partial charge in [-0.05, 0) is 40.9 Å². The summed E-state index contributed by atoms with van der Waals surface area (Å²) in [4.78, 5) is 2.48. The zero-order valence-corrected chi connectivity index (χ0v) is 13.6. The molecule has 24 heavy (non-hydrogen) atoms. The molecule has 3 aromatic heterocycles. The van der Waals surface area contributed by atoms with Gasteiger partial charge in [-0.25, -0.2) is 0 Å². The van der Waals surface area contributed by atoms with Gasteiger partial charge in [-0.3, -0.25) is 0 Å². The van der Waals surface area contributed by atoms with Crippen LogP contribution in [0.1, 0.15) is 5.76 Å². The van der Waals surface area contributed by atoms with Crippen LogP contribution in [0.2, 0.25) is 0 Å². The third-order valence-corrected chi connectivity index (χ3v) is 4.30. The van der Waals surface area contributed by atoms with Crippen molar-refractivity contribution in [3.05, 3.63) is 53.6 Å². The molecule has 0 aliphatic carbocycles. The summed E-state index contributed by atoms with van der Waals surface area (Å²) < 4.78 is 10.5. The highest BCUT2D eigenvalue weighted by Crippen LogP contribution is 2.23. The van der Waals surface area contributed by atoms with Crippen LogP contribution in [0.5, 0.6) is 5.75 Å². The molecule has 0 aliphatic heterocycles. The lowest BCUT2D eigenvalue weighted by Crippen LogP contribution is -2.02. The van der Waals surface area contributed by atoms with Crippen molar-refractivity contribution < 1.29 is 9.26 Å². The molecule has 0 radical (unpaired) electrons. The molecule has 0 atom stereocenters. The van der Waals surface area contributed by atoms with Crippen molar-refractivity contribution in [2.24, 2.45) is 0 Å². The fourth-order valence-electron chi connectivity index (χ4n) is 2.24. The predicted octanol–water partition coefficient (Wildman–Crippen LogP) is 3.11. The molecule has 4 rings (SSSR count). The van der Waals surface area contributed by atoms with E-state index in [2.05, 4.69) is 20.6 Å². The van der Waals surface area contributed by atoms with Crippen molar-refractivity contribution >= 4 is 11.3 Å². The second-order valence-corrected chi connectivity index (χ2v) is 5.98. The van der Waals surface area contributed by atoms with Crippen LogP contribution in [0.25, 0.3) is 22.0 Å². The zero-order chi connectivity index (χ0) is 16.4. The number of benzene rings is 1. The summed E-state index contributed by atoms with van der Waals surface area (Å²) in [5.74, 6) is 2.08. The third-order valence-electron chi connectivity index (χ3n) is 3.44. The van der Waals surface area contributed by atoms with Gasteiger partial charge in [0, 0.05) is 11.6 Å². The molecule has 0 saturated carbocycles. The van der Waals surface area contributed by atoms with Crippen LogP contribution in [0.4, 0.5) is 0 Å². The molecule has 0 fully saturated rings. The van der Waals surface area contributed by atoms with E-state index in [4.69, 9.17) is 9.26 Å². The summed E-state index contributed by atoms with van der Waals surface area (Å²) in [6.45, 7) is 0.377. The van der Waals surface area contributed by atoms with E-state index in [0.717, 1.165) is 21.9 Å². The van der Waals surface area contributed by atoms with Crippen molar-refractivity contribution in [3.63, 3.8) is 0 Å². The zero-order valence-electron chi connectivity index (χ0n) is 12.8. The number of hydrogen-bond donors (Lipinski definition) is 0. The molecule has 0 aliphatic rings. The molecular formula is C16H13N5O2S. The van der Waals surface area contributed by atoms with Crippen LogP contribution in [-0.4, -0.2) is 32.5 Å². The van der Waals surface area contributed by atoms with Crippen LogP contribution >= 0.6 is 11.3 Å². The molecule has 4 aromatic rings. The molecule has 1 aromatic carbocycles. The topological polar surface area (TPSA) is 78.9 Å². The van der Waals surface area contributed by atoms with Crippen LogP contribution < -0.4 is 4.74 Å². The highest BCUT2D eigenvalue weighted by atomic mass is 32.1. The molecular weight excluding hydrogens is 326 g/mol. The van der Waals surface area contributed by atoms with E-state index in [0.29, 0.717) is 18.1 Å². The maximum atomic E-state index is 5.37. The minimum Gasteiger partial charge on any atom is -0.497 e. The third kappa shape index (κ3) is 2.91. The van der Waals surface area contributed by atoms with Gasteiger partial charge in [-0.15, -0.1) is 21.5 Å². The Hall–Kier alpha value is -3.00. The van der Waals surface area contributed by atoms with E-state index < -0.39 is 0 Å². The van der Waals surface area contributed by atoms with E-state index in [1.54, 1.807) is 18.4 Å². The number of aromatic nitrogens is 5. The first-order chi connectivity index (χ1) is 11.8. The Labute approximate surface area is 141 Å². The fourth-order valence-corrected chi connectivity index (χ4v) is 2.89. The normalized spacial score (nSPS) is 10.9. The summed E-state index contributed by atoms with van der Waals surface area (Å²) in [6.07, 6.45) is 0. The number of methoxy groups -OCH3 is 1. The molecule has 0 saturated heterocycles. The summed E-state index contributed by atoms with van der Waals surface area (Å²) in [7, 11) is 1.64. The molecule has 7 nitrogen and oxygen atoms in total. The average Bonchev–Trinajstić information content (AvgIpc) is 3.37. The van der Waals surface area contributed by atoms with Gasteiger partial charge in [-0.2, -0.15) is 4.80 Å². The molecule has 0 N–H and O–H groups in total. The minimum atomic E-state index is 0.377. The second-order valence-electron chi connectivity index (χ2n) is 5.03. The van der Waals surface area contributed by atoms with Crippen molar-refractivity contribution in [2.75, 3.05) is 7.11 Å². The molecule has 120 valence electrons. The van der Waals surface area contributed by atoms with Crippen molar-refractivity contribution in [1.82, 2.24) is 25.4 Å². The monoisotopic (exact) mass is 339 g/mol. The minimum absolute atomic E-state index is 0.377. The highest BCUT2D eigenvalue weighted by molar-refractivity contribution is 7.13. The average molecular weight is 339 g/mol. The Morgan fingerprint density at radius 1 is 1.21 bits per heavy atom. The maximum absolute atomic E-state index is 5.37.